The standard InChI is InChI=1S/C27H29NO3/c1-17-8-7-9-20(12-17)16-31-27(29)24-15-23-18(2)13-21(14-25(23)28-19(24)3)22-10-5-6-11-26(22)30-4/h5-12,21,28H,2,13-16H2,1,3-4H3/t21-/m0/s1. The van der Waals surface area contributed by atoms with Gasteiger partial charge in [0.05, 0.1) is 12.7 Å². The number of hydrogen-bond donors (Lipinski definition) is 1. The molecule has 2 aromatic rings. The molecule has 1 N–H and O–H groups in total. The maximum atomic E-state index is 12.8. The normalized spacial score (nSPS) is 18.4. The van der Waals surface area contributed by atoms with Crippen LogP contribution in [0.2, 0.25) is 0 Å². The van der Waals surface area contributed by atoms with Crippen molar-refractivity contribution in [3.05, 3.63) is 99.9 Å². The molecule has 0 bridgehead atoms. The number of benzene rings is 2. The van der Waals surface area contributed by atoms with Crippen LogP contribution in [0, 0.1) is 6.92 Å². The third-order valence-electron chi connectivity index (χ3n) is 6.16. The van der Waals surface area contributed by atoms with Gasteiger partial charge in [0.2, 0.25) is 0 Å². The van der Waals surface area contributed by atoms with Crippen LogP contribution in [-0.2, 0) is 16.1 Å². The van der Waals surface area contributed by atoms with E-state index in [1.807, 2.05) is 56.3 Å². The minimum Gasteiger partial charge on any atom is -0.496 e. The molecule has 0 unspecified atom stereocenters. The van der Waals surface area contributed by atoms with E-state index in [1.54, 1.807) is 7.11 Å². The molecule has 0 fully saturated rings. The number of hydrogen-bond acceptors (Lipinski definition) is 4. The molecular weight excluding hydrogens is 386 g/mol. The number of ether oxygens (including phenoxy) is 2. The van der Waals surface area contributed by atoms with Crippen molar-refractivity contribution >= 4 is 5.97 Å². The van der Waals surface area contributed by atoms with Gasteiger partial charge in [0, 0.05) is 17.8 Å². The highest BCUT2D eigenvalue weighted by atomic mass is 16.5. The van der Waals surface area contributed by atoms with Crippen molar-refractivity contribution in [1.82, 2.24) is 5.32 Å². The van der Waals surface area contributed by atoms with Crippen molar-refractivity contribution in [3.63, 3.8) is 0 Å². The van der Waals surface area contributed by atoms with E-state index in [4.69, 9.17) is 9.47 Å². The highest BCUT2D eigenvalue weighted by Crippen LogP contribution is 2.44. The van der Waals surface area contributed by atoms with Crippen molar-refractivity contribution in [3.8, 4) is 5.75 Å². The molecule has 1 aliphatic heterocycles. The maximum absolute atomic E-state index is 12.8. The Hall–Kier alpha value is -3.27. The minimum absolute atomic E-state index is 0.266. The Kier molecular flexibility index (Phi) is 5.99. The molecule has 1 atom stereocenters. The molecule has 160 valence electrons. The molecule has 0 amide bonds. The van der Waals surface area contributed by atoms with E-state index in [2.05, 4.69) is 18.0 Å². The monoisotopic (exact) mass is 415 g/mol. The number of carbonyl (C=O) groups excluding carboxylic acids is 1. The van der Waals surface area contributed by atoms with Crippen LogP contribution in [-0.4, -0.2) is 13.1 Å². The number of para-hydroxylation sites is 1. The molecule has 4 nitrogen and oxygen atoms in total. The van der Waals surface area contributed by atoms with Crippen LogP contribution in [0.3, 0.4) is 0 Å². The van der Waals surface area contributed by atoms with E-state index in [9.17, 15) is 4.79 Å². The van der Waals surface area contributed by atoms with Gasteiger partial charge in [0.25, 0.3) is 0 Å². The molecular formula is C27H29NO3. The first kappa shape index (κ1) is 21.0. The molecule has 4 rings (SSSR count). The summed E-state index contributed by atoms with van der Waals surface area (Å²) in [6, 6.07) is 16.2. The fraction of sp³-hybridized carbons (Fsp3) is 0.296. The molecule has 0 aromatic heterocycles. The van der Waals surface area contributed by atoms with Gasteiger partial charge in [0.15, 0.2) is 0 Å². The second kappa shape index (κ2) is 8.84. The fourth-order valence-corrected chi connectivity index (χ4v) is 4.53. The molecule has 0 saturated carbocycles. The number of carbonyl (C=O) groups is 1. The lowest BCUT2D eigenvalue weighted by molar-refractivity contribution is -0.140. The highest BCUT2D eigenvalue weighted by molar-refractivity contribution is 5.90. The van der Waals surface area contributed by atoms with Crippen LogP contribution < -0.4 is 10.1 Å². The summed E-state index contributed by atoms with van der Waals surface area (Å²) < 4.78 is 11.2. The topological polar surface area (TPSA) is 47.6 Å². The Balaban J connectivity index is 1.48. The van der Waals surface area contributed by atoms with E-state index < -0.39 is 0 Å². The lowest BCUT2D eigenvalue weighted by Crippen LogP contribution is -2.28. The number of esters is 1. The summed E-state index contributed by atoms with van der Waals surface area (Å²) in [6.07, 6.45) is 2.29. The Morgan fingerprint density at radius 3 is 2.71 bits per heavy atom. The van der Waals surface area contributed by atoms with Crippen LogP contribution in [0.4, 0.5) is 0 Å². The summed E-state index contributed by atoms with van der Waals surface area (Å²) in [6.45, 7) is 8.59. The van der Waals surface area contributed by atoms with E-state index in [0.717, 1.165) is 52.3 Å². The number of nitrogens with one attached hydrogen (secondary N) is 1. The van der Waals surface area contributed by atoms with Gasteiger partial charge in [-0.2, -0.15) is 0 Å². The molecule has 4 heteroatoms. The van der Waals surface area contributed by atoms with Gasteiger partial charge < -0.3 is 14.8 Å². The smallest absolute Gasteiger partial charge is 0.336 e. The van der Waals surface area contributed by atoms with Gasteiger partial charge in [-0.1, -0.05) is 54.6 Å². The zero-order valence-electron chi connectivity index (χ0n) is 18.5. The third-order valence-corrected chi connectivity index (χ3v) is 6.16. The molecule has 0 saturated heterocycles. The number of rotatable bonds is 5. The molecule has 31 heavy (non-hydrogen) atoms. The van der Waals surface area contributed by atoms with Crippen LogP contribution >= 0.6 is 0 Å². The largest absolute Gasteiger partial charge is 0.496 e. The van der Waals surface area contributed by atoms with Crippen molar-refractivity contribution < 1.29 is 14.3 Å². The first-order chi connectivity index (χ1) is 15.0. The summed E-state index contributed by atoms with van der Waals surface area (Å²) in [5, 5.41) is 3.48. The van der Waals surface area contributed by atoms with Gasteiger partial charge >= 0.3 is 5.97 Å². The second-order valence-corrected chi connectivity index (χ2v) is 8.38. The van der Waals surface area contributed by atoms with E-state index in [1.165, 1.54) is 5.56 Å². The second-order valence-electron chi connectivity index (χ2n) is 8.38. The highest BCUT2D eigenvalue weighted by Gasteiger charge is 2.32. The zero-order valence-corrected chi connectivity index (χ0v) is 18.5. The zero-order chi connectivity index (χ0) is 22.0. The van der Waals surface area contributed by atoms with Crippen LogP contribution in [0.25, 0.3) is 0 Å². The quantitative estimate of drug-likeness (QED) is 0.636. The maximum Gasteiger partial charge on any atom is 0.336 e. The fourth-order valence-electron chi connectivity index (χ4n) is 4.53. The van der Waals surface area contributed by atoms with Crippen LogP contribution in [0.1, 0.15) is 48.8 Å². The number of methoxy groups -OCH3 is 1. The van der Waals surface area contributed by atoms with Gasteiger partial charge in [-0.3, -0.25) is 0 Å². The minimum atomic E-state index is -0.266. The Bertz CT molecular complexity index is 1090. The van der Waals surface area contributed by atoms with Gasteiger partial charge in [0.1, 0.15) is 12.4 Å². The lowest BCUT2D eigenvalue weighted by atomic mass is 9.77. The van der Waals surface area contributed by atoms with E-state index >= 15 is 0 Å². The van der Waals surface area contributed by atoms with Crippen molar-refractivity contribution in [2.24, 2.45) is 0 Å². The Morgan fingerprint density at radius 2 is 1.94 bits per heavy atom. The average molecular weight is 416 g/mol. The predicted octanol–water partition coefficient (Wildman–Crippen LogP) is 5.70. The van der Waals surface area contributed by atoms with E-state index in [0.29, 0.717) is 17.9 Å². The molecule has 2 aliphatic rings. The van der Waals surface area contributed by atoms with Crippen molar-refractivity contribution in [2.45, 2.75) is 45.6 Å². The van der Waals surface area contributed by atoms with Crippen molar-refractivity contribution in [2.75, 3.05) is 7.11 Å². The number of dihydropyridines is 1. The van der Waals surface area contributed by atoms with Crippen molar-refractivity contribution in [1.29, 1.82) is 0 Å². The molecule has 1 heterocycles. The Morgan fingerprint density at radius 1 is 1.13 bits per heavy atom. The first-order valence-corrected chi connectivity index (χ1v) is 10.7. The molecule has 2 aromatic carbocycles. The van der Waals surface area contributed by atoms with Crippen LogP contribution in [0.15, 0.2) is 83.2 Å². The summed E-state index contributed by atoms with van der Waals surface area (Å²) in [5.74, 6) is 0.947. The van der Waals surface area contributed by atoms with Gasteiger partial charge in [-0.05, 0) is 60.9 Å². The van der Waals surface area contributed by atoms with Gasteiger partial charge in [-0.15, -0.1) is 0 Å². The SMILES string of the molecule is C=C1C[C@H](c2ccccc2OC)CC2=C1CC(C(=O)OCc1cccc(C)c1)=C(C)N2. The molecule has 1 aliphatic carbocycles. The average Bonchev–Trinajstić information content (AvgIpc) is 2.77. The van der Waals surface area contributed by atoms with E-state index in [-0.39, 0.29) is 12.6 Å². The summed E-state index contributed by atoms with van der Waals surface area (Å²) >= 11 is 0. The molecule has 0 radical (unpaired) electrons. The summed E-state index contributed by atoms with van der Waals surface area (Å²) in [4.78, 5) is 12.8. The lowest BCUT2D eigenvalue weighted by Gasteiger charge is -2.34. The Labute approximate surface area is 184 Å². The first-order valence-electron chi connectivity index (χ1n) is 10.7. The summed E-state index contributed by atoms with van der Waals surface area (Å²) in [7, 11) is 1.71. The third kappa shape index (κ3) is 4.43. The van der Waals surface area contributed by atoms with Gasteiger partial charge in [-0.25, -0.2) is 4.79 Å². The van der Waals surface area contributed by atoms with Crippen LogP contribution in [0.5, 0.6) is 5.75 Å². The molecule has 0 spiro atoms. The number of allylic oxidation sites excluding steroid dienone is 4. The predicted molar refractivity (Wildman–Crippen MR) is 123 cm³/mol. The summed E-state index contributed by atoms with van der Waals surface area (Å²) in [5.41, 5.74) is 8.26. The number of aryl methyl sites for hydroxylation is 1.